The minimum atomic E-state index is 0. The standard InChI is InChI=1S/C13H13BrClN.ClH/c1-2-3-4-10-8-12(15)11-7-9(14)5-6-13(11)16-10;/h5-8H,2-4H2,1H3;1H. The van der Waals surface area contributed by atoms with Crippen LogP contribution in [0, 0.1) is 0 Å². The predicted octanol–water partition coefficient (Wildman–Crippen LogP) is 5.42. The Kier molecular flexibility index (Phi) is 5.71. The zero-order valence-corrected chi connectivity index (χ0v) is 12.7. The Bertz CT molecular complexity index is 514. The summed E-state index contributed by atoms with van der Waals surface area (Å²) in [5.41, 5.74) is 2.06. The van der Waals surface area contributed by atoms with Crippen molar-refractivity contribution >= 4 is 50.8 Å². The van der Waals surface area contributed by atoms with Crippen LogP contribution in [-0.4, -0.2) is 4.98 Å². The molecule has 2 rings (SSSR count). The molecule has 92 valence electrons. The Hall–Kier alpha value is -0.310. The summed E-state index contributed by atoms with van der Waals surface area (Å²) in [5, 5.41) is 1.80. The third kappa shape index (κ3) is 3.57. The van der Waals surface area contributed by atoms with E-state index in [2.05, 4.69) is 27.8 Å². The van der Waals surface area contributed by atoms with Crippen molar-refractivity contribution in [1.82, 2.24) is 4.98 Å². The SMILES string of the molecule is CCCCc1cc(Cl)c2cc(Br)ccc2n1.Cl. The zero-order valence-electron chi connectivity index (χ0n) is 9.54. The van der Waals surface area contributed by atoms with E-state index in [9.17, 15) is 0 Å². The van der Waals surface area contributed by atoms with Crippen molar-refractivity contribution in [1.29, 1.82) is 0 Å². The van der Waals surface area contributed by atoms with Crippen molar-refractivity contribution < 1.29 is 0 Å². The molecule has 0 saturated carbocycles. The fourth-order valence-corrected chi connectivity index (χ4v) is 2.33. The Morgan fingerprint density at radius 3 is 2.76 bits per heavy atom. The lowest BCUT2D eigenvalue weighted by Crippen LogP contribution is -1.91. The summed E-state index contributed by atoms with van der Waals surface area (Å²) < 4.78 is 1.03. The van der Waals surface area contributed by atoms with Crippen LogP contribution in [-0.2, 0) is 6.42 Å². The van der Waals surface area contributed by atoms with E-state index in [1.165, 1.54) is 6.42 Å². The van der Waals surface area contributed by atoms with E-state index in [0.717, 1.165) is 38.9 Å². The van der Waals surface area contributed by atoms with Crippen LogP contribution in [0.3, 0.4) is 0 Å². The van der Waals surface area contributed by atoms with Gasteiger partial charge in [-0.1, -0.05) is 40.9 Å². The van der Waals surface area contributed by atoms with E-state index >= 15 is 0 Å². The Morgan fingerprint density at radius 1 is 1.29 bits per heavy atom. The quantitative estimate of drug-likeness (QED) is 0.730. The second-order valence-corrected chi connectivity index (χ2v) is 5.18. The molecule has 0 amide bonds. The molecule has 0 aliphatic rings. The van der Waals surface area contributed by atoms with Gasteiger partial charge in [-0.05, 0) is 37.1 Å². The highest BCUT2D eigenvalue weighted by atomic mass is 79.9. The molecule has 0 radical (unpaired) electrons. The van der Waals surface area contributed by atoms with Crippen molar-refractivity contribution in [2.45, 2.75) is 26.2 Å². The van der Waals surface area contributed by atoms with Gasteiger partial charge in [0.2, 0.25) is 0 Å². The summed E-state index contributed by atoms with van der Waals surface area (Å²) in [6.45, 7) is 2.18. The van der Waals surface area contributed by atoms with Gasteiger partial charge in [0.05, 0.1) is 10.5 Å². The summed E-state index contributed by atoms with van der Waals surface area (Å²) in [6.07, 6.45) is 3.34. The predicted molar refractivity (Wildman–Crippen MR) is 80.3 cm³/mol. The molecule has 0 aliphatic heterocycles. The van der Waals surface area contributed by atoms with Crippen molar-refractivity contribution in [3.05, 3.63) is 39.5 Å². The Balaban J connectivity index is 0.00000144. The lowest BCUT2D eigenvalue weighted by molar-refractivity contribution is 0.780. The van der Waals surface area contributed by atoms with E-state index < -0.39 is 0 Å². The summed E-state index contributed by atoms with van der Waals surface area (Å²) in [6, 6.07) is 7.98. The average molecular weight is 335 g/mol. The molecule has 1 aromatic carbocycles. The van der Waals surface area contributed by atoms with Crippen LogP contribution in [0.5, 0.6) is 0 Å². The third-order valence-electron chi connectivity index (χ3n) is 2.56. The molecule has 0 N–H and O–H groups in total. The minimum Gasteiger partial charge on any atom is -0.253 e. The molecule has 0 atom stereocenters. The second-order valence-electron chi connectivity index (χ2n) is 3.86. The van der Waals surface area contributed by atoms with Gasteiger partial charge < -0.3 is 0 Å². The zero-order chi connectivity index (χ0) is 11.5. The van der Waals surface area contributed by atoms with Crippen LogP contribution in [0.4, 0.5) is 0 Å². The van der Waals surface area contributed by atoms with Gasteiger partial charge in [-0.2, -0.15) is 0 Å². The Morgan fingerprint density at radius 2 is 2.06 bits per heavy atom. The van der Waals surface area contributed by atoms with Crippen molar-refractivity contribution in [2.24, 2.45) is 0 Å². The monoisotopic (exact) mass is 333 g/mol. The highest BCUT2D eigenvalue weighted by molar-refractivity contribution is 9.10. The minimum absolute atomic E-state index is 0. The van der Waals surface area contributed by atoms with Gasteiger partial charge in [0.25, 0.3) is 0 Å². The molecule has 0 bridgehead atoms. The van der Waals surface area contributed by atoms with E-state index in [0.29, 0.717) is 0 Å². The molecule has 1 aromatic heterocycles. The molecule has 0 fully saturated rings. The van der Waals surface area contributed by atoms with Gasteiger partial charge in [-0.15, -0.1) is 12.4 Å². The fraction of sp³-hybridized carbons (Fsp3) is 0.308. The third-order valence-corrected chi connectivity index (χ3v) is 3.37. The molecule has 0 aliphatic carbocycles. The van der Waals surface area contributed by atoms with E-state index in [4.69, 9.17) is 11.6 Å². The van der Waals surface area contributed by atoms with Crippen molar-refractivity contribution in [3.8, 4) is 0 Å². The van der Waals surface area contributed by atoms with Crippen LogP contribution >= 0.6 is 39.9 Å². The number of fused-ring (bicyclic) bond motifs is 1. The highest BCUT2D eigenvalue weighted by Crippen LogP contribution is 2.26. The first-order chi connectivity index (χ1) is 7.70. The maximum absolute atomic E-state index is 6.25. The molecule has 0 saturated heterocycles. The fourth-order valence-electron chi connectivity index (χ4n) is 1.69. The first kappa shape index (κ1) is 14.7. The van der Waals surface area contributed by atoms with E-state index in [-0.39, 0.29) is 12.4 Å². The largest absolute Gasteiger partial charge is 0.253 e. The van der Waals surface area contributed by atoms with Crippen LogP contribution in [0.25, 0.3) is 10.9 Å². The first-order valence-corrected chi connectivity index (χ1v) is 6.62. The lowest BCUT2D eigenvalue weighted by Gasteiger charge is -2.05. The molecule has 17 heavy (non-hydrogen) atoms. The van der Waals surface area contributed by atoms with Gasteiger partial charge in [0.1, 0.15) is 0 Å². The molecule has 0 spiro atoms. The highest BCUT2D eigenvalue weighted by Gasteiger charge is 2.04. The molecular formula is C13H14BrCl2N. The van der Waals surface area contributed by atoms with Gasteiger partial charge >= 0.3 is 0 Å². The number of pyridine rings is 1. The number of aryl methyl sites for hydroxylation is 1. The number of halogens is 3. The molecule has 1 nitrogen and oxygen atoms in total. The molecular weight excluding hydrogens is 321 g/mol. The summed E-state index contributed by atoms with van der Waals surface area (Å²) in [5.74, 6) is 0. The van der Waals surface area contributed by atoms with E-state index in [1.54, 1.807) is 0 Å². The topological polar surface area (TPSA) is 12.9 Å². The number of rotatable bonds is 3. The number of benzene rings is 1. The summed E-state index contributed by atoms with van der Waals surface area (Å²) in [4.78, 5) is 4.61. The first-order valence-electron chi connectivity index (χ1n) is 5.45. The van der Waals surface area contributed by atoms with Crippen molar-refractivity contribution in [3.63, 3.8) is 0 Å². The number of hydrogen-bond donors (Lipinski definition) is 0. The lowest BCUT2D eigenvalue weighted by atomic mass is 10.1. The van der Waals surface area contributed by atoms with Gasteiger partial charge in [-0.3, -0.25) is 4.98 Å². The van der Waals surface area contributed by atoms with Crippen molar-refractivity contribution in [2.75, 3.05) is 0 Å². The van der Waals surface area contributed by atoms with E-state index in [1.807, 2.05) is 24.3 Å². The van der Waals surface area contributed by atoms with Crippen LogP contribution in [0.15, 0.2) is 28.7 Å². The number of aromatic nitrogens is 1. The van der Waals surface area contributed by atoms with Crippen LogP contribution < -0.4 is 0 Å². The molecule has 4 heteroatoms. The molecule has 0 unspecified atom stereocenters. The number of hydrogen-bond acceptors (Lipinski definition) is 1. The van der Waals surface area contributed by atoms with Gasteiger partial charge in [0, 0.05) is 15.6 Å². The second kappa shape index (κ2) is 6.58. The summed E-state index contributed by atoms with van der Waals surface area (Å²) in [7, 11) is 0. The number of unbranched alkanes of at least 4 members (excludes halogenated alkanes) is 1. The maximum atomic E-state index is 6.25. The number of nitrogens with zero attached hydrogens (tertiary/aromatic N) is 1. The molecule has 2 aromatic rings. The van der Waals surface area contributed by atoms with Crippen LogP contribution in [0.1, 0.15) is 25.5 Å². The van der Waals surface area contributed by atoms with Gasteiger partial charge in [-0.25, -0.2) is 0 Å². The normalized spacial score (nSPS) is 10.3. The average Bonchev–Trinajstić information content (AvgIpc) is 2.27. The maximum Gasteiger partial charge on any atom is 0.0721 e. The smallest absolute Gasteiger partial charge is 0.0721 e. The molecule has 1 heterocycles. The Labute approximate surface area is 121 Å². The van der Waals surface area contributed by atoms with Gasteiger partial charge in [0.15, 0.2) is 0 Å². The van der Waals surface area contributed by atoms with Crippen LogP contribution in [0.2, 0.25) is 5.02 Å². The summed E-state index contributed by atoms with van der Waals surface area (Å²) >= 11 is 9.69.